The molecule has 0 bridgehead atoms. The van der Waals surface area contributed by atoms with Crippen LogP contribution in [0.2, 0.25) is 0 Å². The minimum Gasteiger partial charge on any atom is -0.314 e. The van der Waals surface area contributed by atoms with Gasteiger partial charge in [-0.1, -0.05) is 56.5 Å². The van der Waals surface area contributed by atoms with E-state index in [2.05, 4.69) is 50.4 Å². The SMILES string of the molecule is CCCNC1CCC(CCC)CC1Cc1ccc(C)cc1. The van der Waals surface area contributed by atoms with Crippen molar-refractivity contribution in [2.75, 3.05) is 6.54 Å². The molecule has 0 aromatic heterocycles. The molecule has 118 valence electrons. The molecule has 0 amide bonds. The normalized spacial score (nSPS) is 26.0. The summed E-state index contributed by atoms with van der Waals surface area (Å²) in [5.41, 5.74) is 2.89. The quantitative estimate of drug-likeness (QED) is 0.733. The number of hydrogen-bond acceptors (Lipinski definition) is 1. The van der Waals surface area contributed by atoms with Gasteiger partial charge in [-0.2, -0.15) is 0 Å². The first-order chi connectivity index (χ1) is 10.2. The van der Waals surface area contributed by atoms with E-state index in [1.165, 1.54) is 62.6 Å². The smallest absolute Gasteiger partial charge is 0.00987 e. The topological polar surface area (TPSA) is 12.0 Å². The molecule has 1 nitrogen and oxygen atoms in total. The Hall–Kier alpha value is -0.820. The second-order valence-electron chi connectivity index (χ2n) is 6.98. The second kappa shape index (κ2) is 8.58. The van der Waals surface area contributed by atoms with E-state index in [1.807, 2.05) is 0 Å². The lowest BCUT2D eigenvalue weighted by molar-refractivity contribution is 0.194. The Bertz CT molecular complexity index is 395. The minimum atomic E-state index is 0.736. The lowest BCUT2D eigenvalue weighted by Gasteiger charge is -2.37. The Balaban J connectivity index is 1.99. The number of hydrogen-bond donors (Lipinski definition) is 1. The third-order valence-corrected chi connectivity index (χ3v) is 5.06. The van der Waals surface area contributed by atoms with Gasteiger partial charge in [0.1, 0.15) is 0 Å². The van der Waals surface area contributed by atoms with Crippen molar-refractivity contribution in [1.29, 1.82) is 0 Å². The standard InChI is InChI=1S/C20H33N/c1-4-6-17-11-12-20(21-13-5-2)19(14-17)15-18-9-7-16(3)8-10-18/h7-10,17,19-21H,4-6,11-15H2,1-3H3. The van der Waals surface area contributed by atoms with E-state index < -0.39 is 0 Å². The fourth-order valence-corrected chi connectivity index (χ4v) is 3.88. The van der Waals surface area contributed by atoms with Gasteiger partial charge in [0.15, 0.2) is 0 Å². The van der Waals surface area contributed by atoms with Gasteiger partial charge in [0.25, 0.3) is 0 Å². The summed E-state index contributed by atoms with van der Waals surface area (Å²) in [5, 5.41) is 3.82. The molecule has 0 saturated heterocycles. The average Bonchev–Trinajstić information content (AvgIpc) is 2.49. The molecule has 21 heavy (non-hydrogen) atoms. The van der Waals surface area contributed by atoms with Crippen molar-refractivity contribution in [1.82, 2.24) is 5.32 Å². The summed E-state index contributed by atoms with van der Waals surface area (Å²) in [6.07, 6.45) is 9.48. The zero-order valence-electron chi connectivity index (χ0n) is 14.2. The van der Waals surface area contributed by atoms with Crippen LogP contribution >= 0.6 is 0 Å². The van der Waals surface area contributed by atoms with E-state index in [0.717, 1.165) is 17.9 Å². The van der Waals surface area contributed by atoms with Gasteiger partial charge < -0.3 is 5.32 Å². The highest BCUT2D eigenvalue weighted by molar-refractivity contribution is 5.22. The van der Waals surface area contributed by atoms with Gasteiger partial charge in [0.05, 0.1) is 0 Å². The van der Waals surface area contributed by atoms with Crippen LogP contribution in [0.3, 0.4) is 0 Å². The molecule has 0 radical (unpaired) electrons. The molecule has 0 aliphatic heterocycles. The molecule has 1 aliphatic rings. The highest BCUT2D eigenvalue weighted by Crippen LogP contribution is 2.34. The summed E-state index contributed by atoms with van der Waals surface area (Å²) in [4.78, 5) is 0. The van der Waals surface area contributed by atoms with Gasteiger partial charge in [-0.25, -0.2) is 0 Å². The molecule has 1 heteroatoms. The van der Waals surface area contributed by atoms with Crippen molar-refractivity contribution in [3.63, 3.8) is 0 Å². The molecule has 3 unspecified atom stereocenters. The van der Waals surface area contributed by atoms with Crippen LogP contribution in [0.5, 0.6) is 0 Å². The number of rotatable bonds is 7. The van der Waals surface area contributed by atoms with Crippen LogP contribution < -0.4 is 5.32 Å². The van der Waals surface area contributed by atoms with Crippen LogP contribution in [0.15, 0.2) is 24.3 Å². The van der Waals surface area contributed by atoms with E-state index >= 15 is 0 Å². The van der Waals surface area contributed by atoms with Gasteiger partial charge in [0.2, 0.25) is 0 Å². The molecule has 1 saturated carbocycles. The molecule has 1 fully saturated rings. The number of benzene rings is 1. The average molecular weight is 287 g/mol. The predicted octanol–water partition coefficient (Wildman–Crippen LogP) is 5.12. The Labute approximate surface area is 131 Å². The first kappa shape index (κ1) is 16.5. The monoisotopic (exact) mass is 287 g/mol. The molecular formula is C20H33N. The zero-order chi connectivity index (χ0) is 15.1. The molecule has 1 aliphatic carbocycles. The first-order valence-corrected chi connectivity index (χ1v) is 9.01. The Morgan fingerprint density at radius 1 is 1.05 bits per heavy atom. The van der Waals surface area contributed by atoms with Gasteiger partial charge >= 0.3 is 0 Å². The zero-order valence-corrected chi connectivity index (χ0v) is 14.2. The van der Waals surface area contributed by atoms with Gasteiger partial charge in [-0.3, -0.25) is 0 Å². The van der Waals surface area contributed by atoms with Crippen LogP contribution in [0.1, 0.15) is 63.5 Å². The van der Waals surface area contributed by atoms with Crippen molar-refractivity contribution in [3.05, 3.63) is 35.4 Å². The Morgan fingerprint density at radius 2 is 1.81 bits per heavy atom. The summed E-state index contributed by atoms with van der Waals surface area (Å²) in [7, 11) is 0. The van der Waals surface area contributed by atoms with Crippen LogP contribution in [0.4, 0.5) is 0 Å². The molecule has 3 atom stereocenters. The second-order valence-corrected chi connectivity index (χ2v) is 6.98. The van der Waals surface area contributed by atoms with Gasteiger partial charge in [-0.05, 0) is 63.0 Å². The summed E-state index contributed by atoms with van der Waals surface area (Å²) in [6.45, 7) is 7.95. The third-order valence-electron chi connectivity index (χ3n) is 5.06. The first-order valence-electron chi connectivity index (χ1n) is 9.01. The predicted molar refractivity (Wildman–Crippen MR) is 92.7 cm³/mol. The van der Waals surface area contributed by atoms with Crippen molar-refractivity contribution in [3.8, 4) is 0 Å². The Kier molecular flexibility index (Phi) is 6.76. The van der Waals surface area contributed by atoms with Crippen molar-refractivity contribution in [2.24, 2.45) is 11.8 Å². The van der Waals surface area contributed by atoms with E-state index in [9.17, 15) is 0 Å². The van der Waals surface area contributed by atoms with Crippen LogP contribution in [0, 0.1) is 18.8 Å². The van der Waals surface area contributed by atoms with Crippen LogP contribution in [-0.4, -0.2) is 12.6 Å². The molecule has 0 spiro atoms. The fourth-order valence-electron chi connectivity index (χ4n) is 3.88. The van der Waals surface area contributed by atoms with Crippen molar-refractivity contribution in [2.45, 2.75) is 71.8 Å². The summed E-state index contributed by atoms with van der Waals surface area (Å²) >= 11 is 0. The molecule has 2 rings (SSSR count). The van der Waals surface area contributed by atoms with Crippen molar-refractivity contribution >= 4 is 0 Å². The van der Waals surface area contributed by atoms with E-state index in [0.29, 0.717) is 0 Å². The lowest BCUT2D eigenvalue weighted by Crippen LogP contribution is -2.42. The number of aryl methyl sites for hydroxylation is 1. The number of nitrogens with one attached hydrogen (secondary N) is 1. The van der Waals surface area contributed by atoms with Gasteiger partial charge in [-0.15, -0.1) is 0 Å². The highest BCUT2D eigenvalue weighted by atomic mass is 14.9. The summed E-state index contributed by atoms with van der Waals surface area (Å²) in [6, 6.07) is 9.91. The maximum atomic E-state index is 3.82. The maximum Gasteiger partial charge on any atom is 0.00987 e. The highest BCUT2D eigenvalue weighted by Gasteiger charge is 2.29. The molecule has 0 heterocycles. The molecular weight excluding hydrogens is 254 g/mol. The van der Waals surface area contributed by atoms with E-state index in [1.54, 1.807) is 0 Å². The minimum absolute atomic E-state index is 0.736. The van der Waals surface area contributed by atoms with E-state index in [-0.39, 0.29) is 0 Å². The fraction of sp³-hybridized carbons (Fsp3) is 0.700. The van der Waals surface area contributed by atoms with Crippen molar-refractivity contribution < 1.29 is 0 Å². The largest absolute Gasteiger partial charge is 0.314 e. The summed E-state index contributed by atoms with van der Waals surface area (Å²) in [5.74, 6) is 1.79. The van der Waals surface area contributed by atoms with Gasteiger partial charge in [0, 0.05) is 6.04 Å². The molecule has 1 aromatic rings. The third kappa shape index (κ3) is 5.14. The molecule has 1 aromatic carbocycles. The van der Waals surface area contributed by atoms with Crippen LogP contribution in [-0.2, 0) is 6.42 Å². The van der Waals surface area contributed by atoms with Crippen LogP contribution in [0.25, 0.3) is 0 Å². The summed E-state index contributed by atoms with van der Waals surface area (Å²) < 4.78 is 0. The molecule has 1 N–H and O–H groups in total. The van der Waals surface area contributed by atoms with E-state index in [4.69, 9.17) is 0 Å². The maximum absolute atomic E-state index is 3.82. The lowest BCUT2D eigenvalue weighted by atomic mass is 9.74. The Morgan fingerprint density at radius 3 is 2.48 bits per heavy atom.